The summed E-state index contributed by atoms with van der Waals surface area (Å²) in [5.41, 5.74) is 3.08. The molecular formula is C26H21Cl2NO3. The number of rotatable bonds is 8. The molecule has 0 heterocycles. The van der Waals surface area contributed by atoms with Gasteiger partial charge in [-0.1, -0.05) is 65.2 Å². The zero-order valence-corrected chi connectivity index (χ0v) is 19.2. The van der Waals surface area contributed by atoms with E-state index in [1.54, 1.807) is 48.5 Å². The van der Waals surface area contributed by atoms with Gasteiger partial charge in [0, 0.05) is 5.56 Å². The summed E-state index contributed by atoms with van der Waals surface area (Å²) in [6, 6.07) is 19.7. The number of Topliss-reactive ketones (excluding diaryl/α,β-unsaturated/α-hetero) is 1. The van der Waals surface area contributed by atoms with Gasteiger partial charge in [0.05, 0.1) is 16.7 Å². The molecule has 0 N–H and O–H groups in total. The molecule has 0 aliphatic heterocycles. The summed E-state index contributed by atoms with van der Waals surface area (Å²) in [5.74, 6) is 0.727. The number of ketones is 1. The Labute approximate surface area is 197 Å². The molecular weight excluding hydrogens is 445 g/mol. The maximum Gasteiger partial charge on any atom is 0.203 e. The zero-order chi connectivity index (χ0) is 23.1. The molecule has 3 rings (SSSR count). The fraction of sp³-hybridized carbons (Fsp3) is 0.154. The van der Waals surface area contributed by atoms with Gasteiger partial charge >= 0.3 is 0 Å². The van der Waals surface area contributed by atoms with E-state index >= 15 is 0 Å². The molecule has 0 aliphatic rings. The molecule has 0 amide bonds. The standard InChI is InChI=1S/C26H21Cl2NO3/c1-3-31-25-14-18(12-21(15-29)26(30)20-8-4-17(2)5-9-20)7-11-24(25)32-16-19-6-10-22(27)23(28)13-19/h4-14H,3,16H2,1-2H3/b21-12+. The number of halogens is 2. The summed E-state index contributed by atoms with van der Waals surface area (Å²) < 4.78 is 11.6. The lowest BCUT2D eigenvalue weighted by Gasteiger charge is -2.13. The molecule has 0 fully saturated rings. The maximum absolute atomic E-state index is 12.7. The van der Waals surface area contributed by atoms with Crippen LogP contribution in [0.4, 0.5) is 0 Å². The van der Waals surface area contributed by atoms with E-state index in [0.717, 1.165) is 11.1 Å². The van der Waals surface area contributed by atoms with E-state index in [0.29, 0.717) is 39.3 Å². The predicted molar refractivity (Wildman–Crippen MR) is 128 cm³/mol. The molecule has 6 heteroatoms. The number of carbonyl (C=O) groups is 1. The first-order valence-electron chi connectivity index (χ1n) is 9.98. The normalized spacial score (nSPS) is 11.0. The average molecular weight is 466 g/mol. The number of benzene rings is 3. The van der Waals surface area contributed by atoms with E-state index < -0.39 is 0 Å². The number of aryl methyl sites for hydroxylation is 1. The van der Waals surface area contributed by atoms with Gasteiger partial charge in [-0.3, -0.25) is 4.79 Å². The van der Waals surface area contributed by atoms with Crippen molar-refractivity contribution in [1.82, 2.24) is 0 Å². The maximum atomic E-state index is 12.7. The largest absolute Gasteiger partial charge is 0.490 e. The molecule has 0 unspecified atom stereocenters. The molecule has 0 saturated carbocycles. The van der Waals surface area contributed by atoms with Crippen molar-refractivity contribution in [2.45, 2.75) is 20.5 Å². The summed E-state index contributed by atoms with van der Waals surface area (Å²) in [4.78, 5) is 12.7. The fourth-order valence-corrected chi connectivity index (χ4v) is 3.29. The van der Waals surface area contributed by atoms with Gasteiger partial charge in [-0.05, 0) is 55.3 Å². The van der Waals surface area contributed by atoms with Crippen LogP contribution in [0, 0.1) is 18.3 Å². The second kappa shape index (κ2) is 10.9. The van der Waals surface area contributed by atoms with E-state index in [1.165, 1.54) is 0 Å². The third kappa shape index (κ3) is 5.91. The van der Waals surface area contributed by atoms with Crippen molar-refractivity contribution in [2.24, 2.45) is 0 Å². The van der Waals surface area contributed by atoms with Gasteiger partial charge in [0.25, 0.3) is 0 Å². The van der Waals surface area contributed by atoms with Gasteiger partial charge in [0.1, 0.15) is 18.2 Å². The third-order valence-electron chi connectivity index (χ3n) is 4.64. The molecule has 0 spiro atoms. The summed E-state index contributed by atoms with van der Waals surface area (Å²) in [5, 5.41) is 10.5. The minimum atomic E-state index is -0.328. The smallest absolute Gasteiger partial charge is 0.203 e. The Kier molecular flexibility index (Phi) is 7.94. The quantitative estimate of drug-likeness (QED) is 0.202. The molecule has 3 aromatic carbocycles. The van der Waals surface area contributed by atoms with Gasteiger partial charge in [0.2, 0.25) is 5.78 Å². The molecule has 3 aromatic rings. The first kappa shape index (κ1) is 23.4. The highest BCUT2D eigenvalue weighted by Gasteiger charge is 2.13. The highest BCUT2D eigenvalue weighted by atomic mass is 35.5. The van der Waals surface area contributed by atoms with Crippen molar-refractivity contribution in [3.8, 4) is 17.6 Å². The molecule has 0 radical (unpaired) electrons. The lowest BCUT2D eigenvalue weighted by atomic mass is 10.0. The summed E-state index contributed by atoms with van der Waals surface area (Å²) in [6.07, 6.45) is 1.55. The molecule has 32 heavy (non-hydrogen) atoms. The number of carbonyl (C=O) groups excluding carboxylic acids is 1. The Morgan fingerprint density at radius 3 is 2.38 bits per heavy atom. The van der Waals surface area contributed by atoms with Crippen LogP contribution >= 0.6 is 23.2 Å². The number of allylic oxidation sites excluding steroid dienone is 1. The molecule has 0 bridgehead atoms. The van der Waals surface area contributed by atoms with Crippen molar-refractivity contribution in [2.75, 3.05) is 6.61 Å². The SMILES string of the molecule is CCOc1cc(/C=C(\C#N)C(=O)c2ccc(C)cc2)ccc1OCc1ccc(Cl)c(Cl)c1. The minimum Gasteiger partial charge on any atom is -0.490 e. The molecule has 0 atom stereocenters. The average Bonchev–Trinajstić information content (AvgIpc) is 2.79. The van der Waals surface area contributed by atoms with Crippen LogP contribution in [-0.4, -0.2) is 12.4 Å². The van der Waals surface area contributed by atoms with Crippen LogP contribution in [0.3, 0.4) is 0 Å². The van der Waals surface area contributed by atoms with Gasteiger partial charge in [-0.25, -0.2) is 0 Å². The summed E-state index contributed by atoms with van der Waals surface area (Å²) >= 11 is 12.0. The number of nitrogens with zero attached hydrogens (tertiary/aromatic N) is 1. The van der Waals surface area contributed by atoms with Crippen LogP contribution in [0.2, 0.25) is 10.0 Å². The van der Waals surface area contributed by atoms with Crippen LogP contribution in [0.5, 0.6) is 11.5 Å². The number of hydrogen-bond acceptors (Lipinski definition) is 4. The summed E-state index contributed by atoms with van der Waals surface area (Å²) in [7, 11) is 0. The van der Waals surface area contributed by atoms with Gasteiger partial charge in [0.15, 0.2) is 11.5 Å². The van der Waals surface area contributed by atoms with Gasteiger partial charge < -0.3 is 9.47 Å². The van der Waals surface area contributed by atoms with E-state index in [1.807, 2.05) is 38.1 Å². The second-order valence-electron chi connectivity index (χ2n) is 7.04. The Hall–Kier alpha value is -3.26. The Morgan fingerprint density at radius 2 is 1.72 bits per heavy atom. The lowest BCUT2D eigenvalue weighted by molar-refractivity contribution is 0.104. The molecule has 4 nitrogen and oxygen atoms in total. The van der Waals surface area contributed by atoms with Crippen molar-refractivity contribution >= 4 is 35.1 Å². The van der Waals surface area contributed by atoms with Gasteiger partial charge in [-0.15, -0.1) is 0 Å². The van der Waals surface area contributed by atoms with Crippen molar-refractivity contribution in [3.05, 3.63) is 98.5 Å². The Balaban J connectivity index is 1.83. The first-order valence-corrected chi connectivity index (χ1v) is 10.7. The number of hydrogen-bond donors (Lipinski definition) is 0. The number of nitriles is 1. The Morgan fingerprint density at radius 1 is 0.969 bits per heavy atom. The third-order valence-corrected chi connectivity index (χ3v) is 5.37. The zero-order valence-electron chi connectivity index (χ0n) is 17.7. The van der Waals surface area contributed by atoms with Gasteiger partial charge in [-0.2, -0.15) is 5.26 Å². The highest BCUT2D eigenvalue weighted by Crippen LogP contribution is 2.31. The lowest BCUT2D eigenvalue weighted by Crippen LogP contribution is -2.02. The summed E-state index contributed by atoms with van der Waals surface area (Å²) in [6.45, 7) is 4.52. The second-order valence-corrected chi connectivity index (χ2v) is 7.86. The van der Waals surface area contributed by atoms with E-state index in [9.17, 15) is 10.1 Å². The fourth-order valence-electron chi connectivity index (χ4n) is 2.97. The Bertz CT molecular complexity index is 1190. The number of ether oxygens (including phenoxy) is 2. The van der Waals surface area contributed by atoms with Crippen LogP contribution in [0.15, 0.2) is 66.2 Å². The van der Waals surface area contributed by atoms with E-state index in [-0.39, 0.29) is 18.0 Å². The van der Waals surface area contributed by atoms with E-state index in [4.69, 9.17) is 32.7 Å². The van der Waals surface area contributed by atoms with E-state index in [2.05, 4.69) is 0 Å². The molecule has 0 saturated heterocycles. The van der Waals surface area contributed by atoms with Crippen LogP contribution in [-0.2, 0) is 6.61 Å². The molecule has 162 valence electrons. The molecule has 0 aliphatic carbocycles. The van der Waals surface area contributed by atoms with Crippen LogP contribution < -0.4 is 9.47 Å². The van der Waals surface area contributed by atoms with Crippen molar-refractivity contribution in [3.63, 3.8) is 0 Å². The minimum absolute atomic E-state index is 0.0424. The van der Waals surface area contributed by atoms with Crippen LogP contribution in [0.25, 0.3) is 6.08 Å². The molecule has 0 aromatic heterocycles. The predicted octanol–water partition coefficient (Wildman–Crippen LogP) is 7.07. The highest BCUT2D eigenvalue weighted by molar-refractivity contribution is 6.42. The van der Waals surface area contributed by atoms with Crippen molar-refractivity contribution < 1.29 is 14.3 Å². The van der Waals surface area contributed by atoms with Crippen molar-refractivity contribution in [1.29, 1.82) is 5.26 Å². The topological polar surface area (TPSA) is 59.3 Å². The first-order chi connectivity index (χ1) is 15.4. The monoisotopic (exact) mass is 465 g/mol. The van der Waals surface area contributed by atoms with Crippen LogP contribution in [0.1, 0.15) is 34.0 Å².